The van der Waals surface area contributed by atoms with Crippen LogP contribution in [0.25, 0.3) is 0 Å². The van der Waals surface area contributed by atoms with Crippen molar-refractivity contribution in [1.82, 2.24) is 0 Å². The van der Waals surface area contributed by atoms with Gasteiger partial charge in [-0.1, -0.05) is 24.4 Å². The lowest BCUT2D eigenvalue weighted by Crippen LogP contribution is -2.15. The number of ether oxygens (including phenoxy) is 2. The minimum Gasteiger partial charge on any atom is -0.389 e. The molecule has 1 aromatic rings. The van der Waals surface area contributed by atoms with Crippen molar-refractivity contribution in [2.45, 2.75) is 11.3 Å². The number of nitrogens with two attached hydrogens (primary N) is 1. The van der Waals surface area contributed by atoms with Crippen LogP contribution in [0.3, 0.4) is 0 Å². The molecule has 0 radical (unpaired) electrons. The van der Waals surface area contributed by atoms with E-state index in [0.29, 0.717) is 18.8 Å². The van der Waals surface area contributed by atoms with Crippen molar-refractivity contribution in [2.75, 3.05) is 32.7 Å². The summed E-state index contributed by atoms with van der Waals surface area (Å²) in [4.78, 5) is 0.390. The maximum absolute atomic E-state index is 12.1. The first-order valence-corrected chi connectivity index (χ1v) is 8.23. The van der Waals surface area contributed by atoms with E-state index in [1.165, 1.54) is 12.1 Å². The van der Waals surface area contributed by atoms with E-state index in [0.717, 1.165) is 6.42 Å². The first-order valence-electron chi connectivity index (χ1n) is 6.16. The second-order valence-corrected chi connectivity index (χ2v) is 6.72. The molecule has 1 rings (SSSR count). The zero-order valence-electron chi connectivity index (χ0n) is 11.4. The van der Waals surface area contributed by atoms with Crippen molar-refractivity contribution in [1.29, 1.82) is 0 Å². The van der Waals surface area contributed by atoms with Gasteiger partial charge in [0.2, 0.25) is 0 Å². The molecule has 0 aliphatic carbocycles. The molecule has 0 aliphatic heterocycles. The Hall–Kier alpha value is -1.02. The van der Waals surface area contributed by atoms with Gasteiger partial charge in [-0.25, -0.2) is 8.42 Å². The maximum Gasteiger partial charge on any atom is 0.180 e. The topological polar surface area (TPSA) is 78.6 Å². The zero-order chi connectivity index (χ0) is 15.0. The highest BCUT2D eigenvalue weighted by Gasteiger charge is 2.15. The fraction of sp³-hybridized carbons (Fsp3) is 0.462. The summed E-state index contributed by atoms with van der Waals surface area (Å²) in [5, 5.41) is 0. The number of hydrogen-bond donors (Lipinski definition) is 1. The second-order valence-electron chi connectivity index (χ2n) is 4.17. The van der Waals surface area contributed by atoms with Gasteiger partial charge in [0.05, 0.1) is 17.3 Å². The summed E-state index contributed by atoms with van der Waals surface area (Å²) in [6.07, 6.45) is 0.744. The Morgan fingerprint density at radius 2 is 2.05 bits per heavy atom. The second kappa shape index (κ2) is 8.31. The standard InChI is InChI=1S/C13H19NO4S2/c1-17-6-3-7-18-8-9-20(15,16)12-5-2-4-11(10-12)13(14)19/h2,4-5,10H,3,6-9H2,1H3,(H2,14,19). The predicted molar refractivity (Wildman–Crippen MR) is 81.7 cm³/mol. The average Bonchev–Trinajstić information content (AvgIpc) is 2.43. The molecule has 0 aromatic heterocycles. The molecule has 5 nitrogen and oxygen atoms in total. The third-order valence-corrected chi connectivity index (χ3v) is 4.52. The largest absolute Gasteiger partial charge is 0.389 e. The molecule has 0 atom stereocenters. The molecular weight excluding hydrogens is 298 g/mol. The Balaban J connectivity index is 2.56. The zero-order valence-corrected chi connectivity index (χ0v) is 13.0. The molecule has 20 heavy (non-hydrogen) atoms. The molecule has 0 bridgehead atoms. The maximum atomic E-state index is 12.1. The van der Waals surface area contributed by atoms with E-state index in [-0.39, 0.29) is 22.2 Å². The summed E-state index contributed by atoms with van der Waals surface area (Å²) < 4.78 is 34.3. The molecule has 1 aromatic carbocycles. The van der Waals surface area contributed by atoms with Crippen LogP contribution in [0.5, 0.6) is 0 Å². The average molecular weight is 317 g/mol. The number of sulfone groups is 1. The van der Waals surface area contributed by atoms with E-state index in [9.17, 15) is 8.42 Å². The van der Waals surface area contributed by atoms with Crippen molar-refractivity contribution in [3.05, 3.63) is 29.8 Å². The van der Waals surface area contributed by atoms with Crippen LogP contribution < -0.4 is 5.73 Å². The Morgan fingerprint density at radius 1 is 1.30 bits per heavy atom. The number of hydrogen-bond acceptors (Lipinski definition) is 5. The van der Waals surface area contributed by atoms with E-state index >= 15 is 0 Å². The highest BCUT2D eigenvalue weighted by molar-refractivity contribution is 7.91. The quantitative estimate of drug-likeness (QED) is 0.544. The van der Waals surface area contributed by atoms with Crippen LogP contribution in [0.2, 0.25) is 0 Å². The molecule has 0 unspecified atom stereocenters. The van der Waals surface area contributed by atoms with E-state index in [1.54, 1.807) is 19.2 Å². The molecule has 0 spiro atoms. The monoisotopic (exact) mass is 317 g/mol. The van der Waals surface area contributed by atoms with Gasteiger partial charge in [0, 0.05) is 25.9 Å². The van der Waals surface area contributed by atoms with Crippen LogP contribution in [0.4, 0.5) is 0 Å². The molecular formula is C13H19NO4S2. The van der Waals surface area contributed by atoms with Crippen LogP contribution in [-0.4, -0.2) is 46.1 Å². The van der Waals surface area contributed by atoms with Crippen LogP contribution in [0.1, 0.15) is 12.0 Å². The number of rotatable bonds is 9. The summed E-state index contributed by atoms with van der Waals surface area (Å²) in [5.74, 6) is -0.0687. The third-order valence-electron chi connectivity index (χ3n) is 2.61. The third kappa shape index (κ3) is 5.54. The summed E-state index contributed by atoms with van der Waals surface area (Å²) in [7, 11) is -1.77. The van der Waals surface area contributed by atoms with Crippen LogP contribution >= 0.6 is 12.2 Å². The van der Waals surface area contributed by atoms with Gasteiger partial charge >= 0.3 is 0 Å². The minimum atomic E-state index is -3.38. The molecule has 0 amide bonds. The van der Waals surface area contributed by atoms with Gasteiger partial charge in [-0.05, 0) is 18.6 Å². The van der Waals surface area contributed by atoms with Crippen molar-refractivity contribution >= 4 is 27.0 Å². The SMILES string of the molecule is COCCCOCCS(=O)(=O)c1cccc(C(N)=S)c1. The first-order chi connectivity index (χ1) is 9.47. The fourth-order valence-electron chi connectivity index (χ4n) is 1.54. The van der Waals surface area contributed by atoms with Crippen LogP contribution in [0.15, 0.2) is 29.2 Å². The number of thiocarbonyl (C=S) groups is 1. The lowest BCUT2D eigenvalue weighted by atomic mass is 10.2. The minimum absolute atomic E-state index is 0.0687. The normalized spacial score (nSPS) is 11.4. The van der Waals surface area contributed by atoms with Gasteiger partial charge < -0.3 is 15.2 Å². The fourth-order valence-corrected chi connectivity index (χ4v) is 2.83. The van der Waals surface area contributed by atoms with Crippen molar-refractivity contribution in [3.63, 3.8) is 0 Å². The summed E-state index contributed by atoms with van der Waals surface area (Å²) in [6.45, 7) is 1.24. The van der Waals surface area contributed by atoms with Gasteiger partial charge in [-0.15, -0.1) is 0 Å². The molecule has 0 fully saturated rings. The van der Waals surface area contributed by atoms with E-state index in [4.69, 9.17) is 27.4 Å². The molecule has 0 saturated carbocycles. The van der Waals surface area contributed by atoms with Gasteiger partial charge in [0.1, 0.15) is 4.99 Å². The first kappa shape index (κ1) is 17.0. The summed E-state index contributed by atoms with van der Waals surface area (Å²) >= 11 is 4.84. The van der Waals surface area contributed by atoms with Gasteiger partial charge in [-0.2, -0.15) is 0 Å². The Morgan fingerprint density at radius 3 is 2.70 bits per heavy atom. The van der Waals surface area contributed by atoms with Gasteiger partial charge in [0.25, 0.3) is 0 Å². The van der Waals surface area contributed by atoms with Crippen LogP contribution in [0, 0.1) is 0 Å². The molecule has 112 valence electrons. The molecule has 0 heterocycles. The number of methoxy groups -OCH3 is 1. The Labute approximate surface area is 125 Å². The van der Waals surface area contributed by atoms with Gasteiger partial charge in [-0.3, -0.25) is 0 Å². The van der Waals surface area contributed by atoms with Crippen molar-refractivity contribution in [3.8, 4) is 0 Å². The van der Waals surface area contributed by atoms with E-state index < -0.39 is 9.84 Å². The van der Waals surface area contributed by atoms with Crippen LogP contribution in [-0.2, 0) is 19.3 Å². The highest BCUT2D eigenvalue weighted by Crippen LogP contribution is 2.13. The van der Waals surface area contributed by atoms with Gasteiger partial charge in [0.15, 0.2) is 9.84 Å². The predicted octanol–water partition coefficient (Wildman–Crippen LogP) is 1.15. The Kier molecular flexibility index (Phi) is 7.08. The smallest absolute Gasteiger partial charge is 0.180 e. The molecule has 2 N–H and O–H groups in total. The molecule has 7 heteroatoms. The lowest BCUT2D eigenvalue weighted by molar-refractivity contribution is 0.112. The Bertz CT molecular complexity index is 543. The van der Waals surface area contributed by atoms with Crippen molar-refractivity contribution < 1.29 is 17.9 Å². The highest BCUT2D eigenvalue weighted by atomic mass is 32.2. The lowest BCUT2D eigenvalue weighted by Gasteiger charge is -2.07. The summed E-state index contributed by atoms with van der Waals surface area (Å²) in [5.41, 5.74) is 6.04. The summed E-state index contributed by atoms with van der Waals surface area (Å²) in [6, 6.07) is 6.33. The molecule has 0 aliphatic rings. The van der Waals surface area contributed by atoms with Crippen molar-refractivity contribution in [2.24, 2.45) is 5.73 Å². The van der Waals surface area contributed by atoms with E-state index in [1.807, 2.05) is 0 Å². The molecule has 0 saturated heterocycles. The van der Waals surface area contributed by atoms with E-state index in [2.05, 4.69) is 0 Å². The number of benzene rings is 1.